The van der Waals surface area contributed by atoms with Gasteiger partial charge in [0, 0.05) is 12.2 Å². The van der Waals surface area contributed by atoms with E-state index in [9.17, 15) is 19.2 Å². The van der Waals surface area contributed by atoms with E-state index in [-0.39, 0.29) is 31.0 Å². The molecule has 1 atom stereocenters. The number of nitrogens with one attached hydrogen (secondary N) is 2. The first-order valence-electron chi connectivity index (χ1n) is 11.0. The summed E-state index contributed by atoms with van der Waals surface area (Å²) in [6, 6.07) is 11.0. The smallest absolute Gasteiger partial charge is 0.308 e. The predicted octanol–water partition coefficient (Wildman–Crippen LogP) is 2.40. The molecule has 34 heavy (non-hydrogen) atoms. The molecular weight excluding hydrogens is 436 g/mol. The monoisotopic (exact) mass is 464 g/mol. The Morgan fingerprint density at radius 3 is 2.38 bits per heavy atom. The summed E-state index contributed by atoms with van der Waals surface area (Å²) in [5.74, 6) is -1.62. The van der Waals surface area contributed by atoms with Crippen LogP contribution in [0.4, 0.5) is 5.69 Å². The third-order valence-electron chi connectivity index (χ3n) is 5.46. The van der Waals surface area contributed by atoms with Crippen molar-refractivity contribution >= 4 is 34.4 Å². The van der Waals surface area contributed by atoms with Crippen molar-refractivity contribution < 1.29 is 19.1 Å². The molecule has 0 aliphatic rings. The van der Waals surface area contributed by atoms with E-state index in [2.05, 4.69) is 15.6 Å². The molecule has 0 saturated carbocycles. The van der Waals surface area contributed by atoms with Crippen molar-refractivity contribution in [1.29, 1.82) is 0 Å². The van der Waals surface area contributed by atoms with E-state index < -0.39 is 18.0 Å². The van der Waals surface area contributed by atoms with Crippen LogP contribution in [0.25, 0.3) is 10.9 Å². The van der Waals surface area contributed by atoms with Gasteiger partial charge >= 0.3 is 5.97 Å². The number of carbonyl (C=O) groups excluding carboxylic acids is 3. The number of anilines is 1. The average molecular weight is 465 g/mol. The molecule has 2 N–H and O–H groups in total. The van der Waals surface area contributed by atoms with Crippen molar-refractivity contribution in [3.05, 3.63) is 69.8 Å². The van der Waals surface area contributed by atoms with Gasteiger partial charge in [-0.2, -0.15) is 0 Å². The summed E-state index contributed by atoms with van der Waals surface area (Å²) in [5, 5.41) is 5.71. The third kappa shape index (κ3) is 5.86. The first kappa shape index (κ1) is 24.6. The van der Waals surface area contributed by atoms with E-state index in [1.54, 1.807) is 12.1 Å². The first-order chi connectivity index (χ1) is 16.2. The zero-order chi connectivity index (χ0) is 24.8. The predicted molar refractivity (Wildman–Crippen MR) is 128 cm³/mol. The van der Waals surface area contributed by atoms with Crippen molar-refractivity contribution in [3.8, 4) is 0 Å². The quantitative estimate of drug-likeness (QED) is 0.494. The molecule has 2 amide bonds. The molecule has 1 heterocycles. The first-order valence-corrected chi connectivity index (χ1v) is 11.0. The van der Waals surface area contributed by atoms with E-state index >= 15 is 0 Å². The lowest BCUT2D eigenvalue weighted by Gasteiger charge is -2.15. The molecule has 178 valence electrons. The fraction of sp³-hybridized carbons (Fsp3) is 0.320. The molecule has 0 spiro atoms. The topological polar surface area (TPSA) is 119 Å². The van der Waals surface area contributed by atoms with Gasteiger partial charge in [0.25, 0.3) is 11.5 Å². The third-order valence-corrected chi connectivity index (χ3v) is 5.46. The second-order valence-corrected chi connectivity index (χ2v) is 8.13. The number of amides is 2. The lowest BCUT2D eigenvalue weighted by molar-refractivity contribution is -0.155. The van der Waals surface area contributed by atoms with Gasteiger partial charge in [-0.15, -0.1) is 0 Å². The number of nitrogens with zero attached hydrogens (tertiary/aromatic N) is 2. The fourth-order valence-corrected chi connectivity index (χ4v) is 3.52. The number of hydrogen-bond donors (Lipinski definition) is 2. The highest BCUT2D eigenvalue weighted by molar-refractivity contribution is 5.96. The highest BCUT2D eigenvalue weighted by atomic mass is 16.5. The lowest BCUT2D eigenvalue weighted by Crippen LogP contribution is -2.40. The number of benzene rings is 2. The molecule has 3 rings (SSSR count). The Labute approximate surface area is 197 Å². The van der Waals surface area contributed by atoms with Gasteiger partial charge in [-0.3, -0.25) is 23.7 Å². The highest BCUT2D eigenvalue weighted by Gasteiger charge is 2.19. The van der Waals surface area contributed by atoms with E-state index in [4.69, 9.17) is 4.74 Å². The summed E-state index contributed by atoms with van der Waals surface area (Å²) in [6.45, 7) is 6.87. The summed E-state index contributed by atoms with van der Waals surface area (Å²) >= 11 is 0. The van der Waals surface area contributed by atoms with E-state index in [1.165, 1.54) is 17.8 Å². The normalized spacial score (nSPS) is 11.6. The Hall–Kier alpha value is -4.01. The lowest BCUT2D eigenvalue weighted by atomic mass is 10.1. The van der Waals surface area contributed by atoms with Crippen LogP contribution in [0.15, 0.2) is 47.5 Å². The van der Waals surface area contributed by atoms with Crippen molar-refractivity contribution in [2.45, 2.75) is 46.8 Å². The van der Waals surface area contributed by atoms with Crippen molar-refractivity contribution in [2.24, 2.45) is 0 Å². The number of para-hydroxylation sites is 2. The van der Waals surface area contributed by atoms with Crippen molar-refractivity contribution in [3.63, 3.8) is 0 Å². The van der Waals surface area contributed by atoms with Gasteiger partial charge in [-0.05, 0) is 50.5 Å². The van der Waals surface area contributed by atoms with Crippen LogP contribution in [0.1, 0.15) is 30.0 Å². The minimum absolute atomic E-state index is 0.0705. The van der Waals surface area contributed by atoms with E-state index in [0.29, 0.717) is 16.6 Å². The van der Waals surface area contributed by atoms with Crippen molar-refractivity contribution in [2.75, 3.05) is 11.9 Å². The maximum atomic E-state index is 12.6. The molecule has 0 aliphatic heterocycles. The van der Waals surface area contributed by atoms with Gasteiger partial charge in [0.1, 0.15) is 0 Å². The average Bonchev–Trinajstić information content (AvgIpc) is 2.80. The van der Waals surface area contributed by atoms with Crippen LogP contribution in [0.3, 0.4) is 0 Å². The second-order valence-electron chi connectivity index (χ2n) is 8.13. The number of aromatic nitrogens is 2. The largest absolute Gasteiger partial charge is 0.452 e. The van der Waals surface area contributed by atoms with Gasteiger partial charge < -0.3 is 15.4 Å². The van der Waals surface area contributed by atoms with Gasteiger partial charge in [0.15, 0.2) is 6.10 Å². The van der Waals surface area contributed by atoms with Crippen LogP contribution in [0, 0.1) is 20.8 Å². The van der Waals surface area contributed by atoms with Crippen LogP contribution < -0.4 is 16.2 Å². The van der Waals surface area contributed by atoms with Gasteiger partial charge in [0.05, 0.1) is 30.2 Å². The second kappa shape index (κ2) is 10.7. The maximum Gasteiger partial charge on any atom is 0.308 e. The minimum atomic E-state index is -1.09. The number of fused-ring (bicyclic) bond motifs is 1. The Morgan fingerprint density at radius 2 is 1.68 bits per heavy atom. The molecule has 9 heteroatoms. The Balaban J connectivity index is 1.48. The molecule has 0 fully saturated rings. The molecule has 0 bridgehead atoms. The summed E-state index contributed by atoms with van der Waals surface area (Å²) in [4.78, 5) is 53.6. The van der Waals surface area contributed by atoms with Gasteiger partial charge in [-0.25, -0.2) is 4.98 Å². The number of aryl methyl sites for hydroxylation is 4. The summed E-state index contributed by atoms with van der Waals surface area (Å²) in [6.07, 6.45) is 0.203. The molecule has 1 unspecified atom stereocenters. The van der Waals surface area contributed by atoms with Crippen molar-refractivity contribution in [1.82, 2.24) is 14.9 Å². The standard InChI is InChI=1S/C25H28N4O5/c1-15-7-5-8-16(2)22(15)28-20(30)13-26-24(32)18(4)34-21(31)11-12-29-14-27-23-17(3)9-6-10-19(23)25(29)33/h5-10,14,18H,11-13H2,1-4H3,(H,26,32)(H,28,30). The molecule has 3 aromatic rings. The van der Waals surface area contributed by atoms with E-state index in [1.807, 2.05) is 45.0 Å². The molecular formula is C25H28N4O5. The number of carbonyl (C=O) groups is 3. The molecule has 0 saturated heterocycles. The number of ether oxygens (including phenoxy) is 1. The Bertz CT molecular complexity index is 1280. The zero-order valence-electron chi connectivity index (χ0n) is 19.7. The van der Waals surface area contributed by atoms with Crippen LogP contribution in [-0.4, -0.2) is 40.0 Å². The maximum absolute atomic E-state index is 12.6. The van der Waals surface area contributed by atoms with Gasteiger partial charge in [0.2, 0.25) is 5.91 Å². The van der Waals surface area contributed by atoms with Crippen LogP contribution in [0.2, 0.25) is 0 Å². The fourth-order valence-electron chi connectivity index (χ4n) is 3.52. The molecule has 1 aromatic heterocycles. The van der Waals surface area contributed by atoms with Gasteiger partial charge in [-0.1, -0.05) is 30.3 Å². The number of rotatable bonds is 8. The van der Waals surface area contributed by atoms with Crippen LogP contribution >= 0.6 is 0 Å². The SMILES string of the molecule is Cc1cccc(C)c1NC(=O)CNC(=O)C(C)OC(=O)CCn1cnc2c(C)cccc2c1=O. The Morgan fingerprint density at radius 1 is 1.03 bits per heavy atom. The minimum Gasteiger partial charge on any atom is -0.452 e. The summed E-state index contributed by atoms with van der Waals surface area (Å²) in [5.41, 5.74) is 3.80. The summed E-state index contributed by atoms with van der Waals surface area (Å²) < 4.78 is 6.49. The zero-order valence-corrected chi connectivity index (χ0v) is 19.7. The van der Waals surface area contributed by atoms with Crippen LogP contribution in [-0.2, 0) is 25.7 Å². The molecule has 0 radical (unpaired) electrons. The van der Waals surface area contributed by atoms with E-state index in [0.717, 1.165) is 16.7 Å². The molecule has 0 aliphatic carbocycles. The highest BCUT2D eigenvalue weighted by Crippen LogP contribution is 2.19. The number of esters is 1. The number of hydrogen-bond acceptors (Lipinski definition) is 6. The molecule has 9 nitrogen and oxygen atoms in total. The van der Waals surface area contributed by atoms with Crippen LogP contribution in [0.5, 0.6) is 0 Å². The summed E-state index contributed by atoms with van der Waals surface area (Å²) in [7, 11) is 0. The molecule has 2 aromatic carbocycles. The Kier molecular flexibility index (Phi) is 7.78.